The van der Waals surface area contributed by atoms with Crippen LogP contribution in [0.25, 0.3) is 10.4 Å². The van der Waals surface area contributed by atoms with E-state index in [4.69, 9.17) is 10.5 Å². The predicted molar refractivity (Wildman–Crippen MR) is 123 cm³/mol. The lowest BCUT2D eigenvalue weighted by Gasteiger charge is -2.26. The van der Waals surface area contributed by atoms with Gasteiger partial charge in [-0.05, 0) is 35.4 Å². The van der Waals surface area contributed by atoms with Crippen LogP contribution in [0.5, 0.6) is 0 Å². The summed E-state index contributed by atoms with van der Waals surface area (Å²) in [5.41, 5.74) is 6.25. The number of nitrogens with zero attached hydrogens (tertiary/aromatic N) is 4. The SMILES string of the molecule is NC/C(=C\F)Cn1ncn(Cc2ccc(-c3ccc(S(=O)(=O)N4CCOCC4)cc3)s2)c1=O. The minimum absolute atomic E-state index is 0.00817. The van der Waals surface area contributed by atoms with E-state index in [0.29, 0.717) is 39.2 Å². The fourth-order valence-electron chi connectivity index (χ4n) is 3.44. The zero-order valence-electron chi connectivity index (χ0n) is 17.8. The number of rotatable bonds is 8. The number of hydrogen-bond acceptors (Lipinski definition) is 7. The van der Waals surface area contributed by atoms with E-state index in [1.54, 1.807) is 24.3 Å². The quantitative estimate of drug-likeness (QED) is 0.511. The Morgan fingerprint density at radius 3 is 2.58 bits per heavy atom. The van der Waals surface area contributed by atoms with Crippen molar-refractivity contribution in [2.75, 3.05) is 32.8 Å². The lowest BCUT2D eigenvalue weighted by Crippen LogP contribution is -2.40. The van der Waals surface area contributed by atoms with Gasteiger partial charge in [0.25, 0.3) is 0 Å². The average molecular weight is 494 g/mol. The molecule has 0 atom stereocenters. The Morgan fingerprint density at radius 2 is 1.91 bits per heavy atom. The van der Waals surface area contributed by atoms with E-state index in [-0.39, 0.29) is 29.2 Å². The molecule has 1 saturated heterocycles. The largest absolute Gasteiger partial charge is 0.379 e. The van der Waals surface area contributed by atoms with E-state index in [0.717, 1.165) is 15.3 Å². The lowest BCUT2D eigenvalue weighted by atomic mass is 10.2. The molecule has 0 radical (unpaired) electrons. The molecule has 0 aliphatic carbocycles. The second-order valence-electron chi connectivity index (χ2n) is 7.48. The maximum Gasteiger partial charge on any atom is 0.346 e. The van der Waals surface area contributed by atoms with Crippen molar-refractivity contribution in [3.63, 3.8) is 0 Å². The molecule has 9 nitrogen and oxygen atoms in total. The summed E-state index contributed by atoms with van der Waals surface area (Å²) in [5.74, 6) is 0. The number of thiophene rings is 1. The van der Waals surface area contributed by atoms with Crippen molar-refractivity contribution < 1.29 is 17.5 Å². The van der Waals surface area contributed by atoms with E-state index in [2.05, 4.69) is 5.10 Å². The van der Waals surface area contributed by atoms with Gasteiger partial charge < -0.3 is 10.5 Å². The van der Waals surface area contributed by atoms with Crippen LogP contribution in [0, 0.1) is 0 Å². The number of hydrogen-bond donors (Lipinski definition) is 1. The Balaban J connectivity index is 1.47. The Labute approximate surface area is 194 Å². The van der Waals surface area contributed by atoms with Crippen LogP contribution in [0.3, 0.4) is 0 Å². The van der Waals surface area contributed by atoms with Crippen LogP contribution in [0.15, 0.2) is 64.3 Å². The number of morpholine rings is 1. The van der Waals surface area contributed by atoms with Gasteiger partial charge in [0, 0.05) is 29.4 Å². The first-order valence-corrected chi connectivity index (χ1v) is 12.6. The number of sulfonamides is 1. The van der Waals surface area contributed by atoms with Crippen molar-refractivity contribution in [1.82, 2.24) is 18.7 Å². The maximum atomic E-state index is 12.8. The first kappa shape index (κ1) is 23.5. The Hall–Kier alpha value is -2.64. The summed E-state index contributed by atoms with van der Waals surface area (Å²) in [7, 11) is -3.54. The first-order chi connectivity index (χ1) is 15.9. The summed E-state index contributed by atoms with van der Waals surface area (Å²) in [6.45, 7) is 1.85. The molecule has 12 heteroatoms. The Bertz CT molecular complexity index is 1290. The fraction of sp³-hybridized carbons (Fsp3) is 0.333. The first-order valence-electron chi connectivity index (χ1n) is 10.3. The van der Waals surface area contributed by atoms with E-state index in [1.165, 1.54) is 31.2 Å². The highest BCUT2D eigenvalue weighted by molar-refractivity contribution is 7.89. The molecule has 0 spiro atoms. The highest BCUT2D eigenvalue weighted by Crippen LogP contribution is 2.30. The molecule has 0 amide bonds. The molecule has 3 heterocycles. The topological polar surface area (TPSA) is 112 Å². The van der Waals surface area contributed by atoms with Crippen molar-refractivity contribution in [3.05, 3.63) is 70.0 Å². The highest BCUT2D eigenvalue weighted by atomic mass is 32.2. The lowest BCUT2D eigenvalue weighted by molar-refractivity contribution is 0.0730. The van der Waals surface area contributed by atoms with Gasteiger partial charge in [0.05, 0.1) is 37.5 Å². The summed E-state index contributed by atoms with van der Waals surface area (Å²) in [6, 6.07) is 10.6. The van der Waals surface area contributed by atoms with Gasteiger partial charge in [0.1, 0.15) is 6.33 Å². The third-order valence-electron chi connectivity index (χ3n) is 5.30. The number of aromatic nitrogens is 3. The van der Waals surface area contributed by atoms with Crippen LogP contribution < -0.4 is 11.4 Å². The molecule has 0 unspecified atom stereocenters. The molecule has 1 aliphatic rings. The van der Waals surface area contributed by atoms with Crippen molar-refractivity contribution >= 4 is 21.4 Å². The maximum absolute atomic E-state index is 12.8. The monoisotopic (exact) mass is 493 g/mol. The summed E-state index contributed by atoms with van der Waals surface area (Å²) < 4.78 is 47.6. The molecule has 1 aromatic carbocycles. The normalized spacial score (nSPS) is 15.8. The molecule has 4 rings (SSSR count). The molecule has 1 fully saturated rings. The van der Waals surface area contributed by atoms with Gasteiger partial charge in [-0.25, -0.2) is 22.3 Å². The van der Waals surface area contributed by atoms with Crippen molar-refractivity contribution in [3.8, 4) is 10.4 Å². The van der Waals surface area contributed by atoms with Gasteiger partial charge in [0.15, 0.2) is 0 Å². The van der Waals surface area contributed by atoms with Crippen LogP contribution in [-0.4, -0.2) is 59.9 Å². The van der Waals surface area contributed by atoms with E-state index in [9.17, 15) is 17.6 Å². The highest BCUT2D eigenvalue weighted by Gasteiger charge is 2.26. The molecular formula is C21H24FN5O4S2. The number of benzene rings is 1. The fourth-order valence-corrected chi connectivity index (χ4v) is 5.86. The molecule has 2 aromatic heterocycles. The molecule has 0 saturated carbocycles. The van der Waals surface area contributed by atoms with Gasteiger partial charge in [-0.15, -0.1) is 11.3 Å². The zero-order chi connectivity index (χ0) is 23.4. The van der Waals surface area contributed by atoms with Crippen molar-refractivity contribution in [2.24, 2.45) is 5.73 Å². The van der Waals surface area contributed by atoms with E-state index >= 15 is 0 Å². The van der Waals surface area contributed by atoms with Crippen LogP contribution in [-0.2, 0) is 27.8 Å². The molecule has 3 aromatic rings. The van der Waals surface area contributed by atoms with Gasteiger partial charge >= 0.3 is 5.69 Å². The van der Waals surface area contributed by atoms with Gasteiger partial charge in [-0.2, -0.15) is 9.40 Å². The summed E-state index contributed by atoms with van der Waals surface area (Å²) in [5, 5.41) is 4.02. The van der Waals surface area contributed by atoms with Crippen LogP contribution in [0.2, 0.25) is 0 Å². The van der Waals surface area contributed by atoms with Crippen LogP contribution >= 0.6 is 11.3 Å². The molecule has 0 bridgehead atoms. The van der Waals surface area contributed by atoms with Gasteiger partial charge in [-0.3, -0.25) is 4.57 Å². The van der Waals surface area contributed by atoms with Crippen LogP contribution in [0.4, 0.5) is 4.39 Å². The molecular weight excluding hydrogens is 469 g/mol. The minimum atomic E-state index is -3.54. The second-order valence-corrected chi connectivity index (χ2v) is 10.6. The molecule has 33 heavy (non-hydrogen) atoms. The average Bonchev–Trinajstić information content (AvgIpc) is 3.45. The van der Waals surface area contributed by atoms with E-state index in [1.807, 2.05) is 12.1 Å². The molecule has 176 valence electrons. The molecule has 1 aliphatic heterocycles. The summed E-state index contributed by atoms with van der Waals surface area (Å²) in [4.78, 5) is 14.6. The smallest absolute Gasteiger partial charge is 0.346 e. The number of ether oxygens (including phenoxy) is 1. The van der Waals surface area contributed by atoms with E-state index < -0.39 is 10.0 Å². The predicted octanol–water partition coefficient (Wildman–Crippen LogP) is 1.65. The third kappa shape index (κ3) is 5.14. The van der Waals surface area contributed by atoms with Crippen molar-refractivity contribution in [1.29, 1.82) is 0 Å². The molecule has 2 N–H and O–H groups in total. The van der Waals surface area contributed by atoms with Crippen LogP contribution in [0.1, 0.15) is 4.88 Å². The Morgan fingerprint density at radius 1 is 1.18 bits per heavy atom. The minimum Gasteiger partial charge on any atom is -0.379 e. The second kappa shape index (κ2) is 10.1. The zero-order valence-corrected chi connectivity index (χ0v) is 19.4. The Kier molecular flexibility index (Phi) is 7.20. The summed E-state index contributed by atoms with van der Waals surface area (Å²) in [6.07, 6.45) is 1.81. The number of nitrogens with two attached hydrogens (primary N) is 1. The third-order valence-corrected chi connectivity index (χ3v) is 8.33. The standard InChI is InChI=1S/C21H24FN5O4S2/c22-11-16(12-23)13-27-21(28)25(15-24-27)14-18-3-6-20(32-18)17-1-4-19(5-2-17)33(29,30)26-7-9-31-10-8-26/h1-6,11,15H,7-10,12-14,23H2/b16-11+. The van der Waals surface area contributed by atoms with Crippen molar-refractivity contribution in [2.45, 2.75) is 18.0 Å². The van der Waals surface area contributed by atoms with Gasteiger partial charge in [0.2, 0.25) is 10.0 Å². The van der Waals surface area contributed by atoms with Gasteiger partial charge in [-0.1, -0.05) is 12.1 Å². The summed E-state index contributed by atoms with van der Waals surface area (Å²) >= 11 is 1.50. The number of halogens is 1.